The molecule has 0 aromatic heterocycles. The van der Waals surface area contributed by atoms with Crippen LogP contribution in [-0.4, -0.2) is 0 Å². The molecule has 0 heterocycles. The molecular formula is C47H32. The summed E-state index contributed by atoms with van der Waals surface area (Å²) in [7, 11) is 0. The second-order valence-electron chi connectivity index (χ2n) is 12.4. The zero-order valence-corrected chi connectivity index (χ0v) is 26.0. The minimum atomic E-state index is 0.853. The van der Waals surface area contributed by atoms with E-state index in [9.17, 15) is 0 Å². The van der Waals surface area contributed by atoms with Gasteiger partial charge in [-0.15, -0.1) is 0 Å². The number of hydrogen-bond acceptors (Lipinski definition) is 0. The van der Waals surface area contributed by atoms with E-state index in [-0.39, 0.29) is 0 Å². The van der Waals surface area contributed by atoms with Crippen molar-refractivity contribution < 1.29 is 0 Å². The van der Waals surface area contributed by atoms with Crippen LogP contribution >= 0.6 is 0 Å². The van der Waals surface area contributed by atoms with Gasteiger partial charge < -0.3 is 0 Å². The number of hydrogen-bond donors (Lipinski definition) is 0. The second-order valence-corrected chi connectivity index (χ2v) is 12.4. The van der Waals surface area contributed by atoms with Crippen molar-refractivity contribution in [1.29, 1.82) is 0 Å². The molecule has 220 valence electrons. The van der Waals surface area contributed by atoms with Crippen molar-refractivity contribution in [2.24, 2.45) is 0 Å². The maximum absolute atomic E-state index is 2.43. The molecule has 0 fully saturated rings. The summed E-state index contributed by atoms with van der Waals surface area (Å²) in [4.78, 5) is 0. The van der Waals surface area contributed by atoms with Crippen LogP contribution in [0.4, 0.5) is 0 Å². The molecule has 0 spiro atoms. The Balaban J connectivity index is 1.33. The van der Waals surface area contributed by atoms with Gasteiger partial charge in [0, 0.05) is 0 Å². The molecule has 0 unspecified atom stereocenters. The Labute approximate surface area is 275 Å². The van der Waals surface area contributed by atoms with Crippen molar-refractivity contribution in [3.8, 4) is 33.4 Å². The minimum Gasteiger partial charge on any atom is -0.0622 e. The lowest BCUT2D eigenvalue weighted by Gasteiger charge is -2.20. The first-order valence-corrected chi connectivity index (χ1v) is 16.4. The fraction of sp³-hybridized carbons (Fsp3) is 0.0213. The Morgan fingerprint density at radius 3 is 1.51 bits per heavy atom. The predicted molar refractivity (Wildman–Crippen MR) is 202 cm³/mol. The van der Waals surface area contributed by atoms with Gasteiger partial charge in [-0.25, -0.2) is 0 Å². The average molecular weight is 597 g/mol. The lowest BCUT2D eigenvalue weighted by atomic mass is 9.83. The van der Waals surface area contributed by atoms with Gasteiger partial charge in [0.2, 0.25) is 0 Å². The molecule has 0 nitrogen and oxygen atoms in total. The topological polar surface area (TPSA) is 0 Å². The highest BCUT2D eigenvalue weighted by molar-refractivity contribution is 6.19. The van der Waals surface area contributed by atoms with Crippen molar-refractivity contribution in [1.82, 2.24) is 0 Å². The highest BCUT2D eigenvalue weighted by Gasteiger charge is 2.19. The van der Waals surface area contributed by atoms with E-state index < -0.39 is 0 Å². The van der Waals surface area contributed by atoms with Crippen LogP contribution in [0.3, 0.4) is 0 Å². The summed E-state index contributed by atoms with van der Waals surface area (Å²) in [5.74, 6) is 0. The van der Waals surface area contributed by atoms with Crippen molar-refractivity contribution in [2.75, 3.05) is 0 Å². The van der Waals surface area contributed by atoms with E-state index in [1.807, 2.05) is 0 Å². The molecule has 9 aromatic carbocycles. The van der Waals surface area contributed by atoms with Gasteiger partial charge in [0.25, 0.3) is 0 Å². The van der Waals surface area contributed by atoms with E-state index in [0.29, 0.717) is 0 Å². The molecule has 0 bridgehead atoms. The first kappa shape index (κ1) is 27.3. The van der Waals surface area contributed by atoms with Gasteiger partial charge >= 0.3 is 0 Å². The normalized spacial score (nSPS) is 11.5. The van der Waals surface area contributed by atoms with Gasteiger partial charge in [0.05, 0.1) is 0 Å². The van der Waals surface area contributed by atoms with Gasteiger partial charge in [0.1, 0.15) is 0 Å². The predicted octanol–water partition coefficient (Wildman–Crippen LogP) is 12.9. The van der Waals surface area contributed by atoms with Crippen molar-refractivity contribution >= 4 is 43.1 Å². The largest absolute Gasteiger partial charge is 0.0622 e. The van der Waals surface area contributed by atoms with Crippen LogP contribution in [0.25, 0.3) is 76.5 Å². The molecule has 0 N–H and O–H groups in total. The summed E-state index contributed by atoms with van der Waals surface area (Å²) in [6.07, 6.45) is 0.853. The van der Waals surface area contributed by atoms with Gasteiger partial charge in [-0.3, -0.25) is 0 Å². The lowest BCUT2D eigenvalue weighted by molar-refractivity contribution is 1.23. The second kappa shape index (κ2) is 11.4. The van der Waals surface area contributed by atoms with Crippen LogP contribution < -0.4 is 0 Å². The van der Waals surface area contributed by atoms with E-state index >= 15 is 0 Å². The molecule has 0 aliphatic carbocycles. The summed E-state index contributed by atoms with van der Waals surface area (Å²) in [5, 5.41) is 10.3. The third kappa shape index (κ3) is 4.69. The van der Waals surface area contributed by atoms with Crippen molar-refractivity contribution in [3.05, 3.63) is 193 Å². The zero-order chi connectivity index (χ0) is 31.2. The Hall–Kier alpha value is -5.98. The smallest absolute Gasteiger partial charge is 0.000728 e. The van der Waals surface area contributed by atoms with Gasteiger partial charge in [-0.1, -0.05) is 170 Å². The molecule has 9 aromatic rings. The fourth-order valence-corrected chi connectivity index (χ4v) is 7.62. The maximum atomic E-state index is 2.43. The van der Waals surface area contributed by atoms with Crippen LogP contribution in [0.2, 0.25) is 0 Å². The van der Waals surface area contributed by atoms with E-state index in [2.05, 4.69) is 182 Å². The van der Waals surface area contributed by atoms with Crippen LogP contribution in [-0.2, 0) is 6.42 Å². The molecular weight excluding hydrogens is 565 g/mol. The Morgan fingerprint density at radius 1 is 0.319 bits per heavy atom. The number of benzene rings is 9. The Bertz CT molecular complexity index is 2520. The van der Waals surface area contributed by atoms with Crippen molar-refractivity contribution in [3.63, 3.8) is 0 Å². The summed E-state index contributed by atoms with van der Waals surface area (Å²) in [6, 6.07) is 66.7. The summed E-state index contributed by atoms with van der Waals surface area (Å²) in [5.41, 5.74) is 10.3. The first-order valence-electron chi connectivity index (χ1n) is 16.4. The van der Waals surface area contributed by atoms with E-state index in [4.69, 9.17) is 0 Å². The van der Waals surface area contributed by atoms with Crippen LogP contribution in [0.1, 0.15) is 11.1 Å². The van der Waals surface area contributed by atoms with Gasteiger partial charge in [0.15, 0.2) is 0 Å². The molecule has 0 atom stereocenters. The molecule has 0 saturated heterocycles. The Kier molecular flexibility index (Phi) is 6.65. The minimum absolute atomic E-state index is 0.853. The highest BCUT2D eigenvalue weighted by atomic mass is 14.2. The molecule has 0 aliphatic heterocycles. The van der Waals surface area contributed by atoms with Crippen molar-refractivity contribution in [2.45, 2.75) is 6.42 Å². The summed E-state index contributed by atoms with van der Waals surface area (Å²) >= 11 is 0. The average Bonchev–Trinajstić information content (AvgIpc) is 3.15. The third-order valence-corrected chi connectivity index (χ3v) is 9.73. The molecule has 47 heavy (non-hydrogen) atoms. The van der Waals surface area contributed by atoms with E-state index in [1.54, 1.807) is 0 Å². The van der Waals surface area contributed by atoms with E-state index in [1.165, 1.54) is 87.6 Å². The maximum Gasteiger partial charge on any atom is -0.000728 e. The molecule has 0 aliphatic rings. The zero-order valence-electron chi connectivity index (χ0n) is 26.0. The lowest BCUT2D eigenvalue weighted by Crippen LogP contribution is -1.97. The quantitative estimate of drug-likeness (QED) is 0.137. The van der Waals surface area contributed by atoms with E-state index in [0.717, 1.165) is 6.42 Å². The monoisotopic (exact) mass is 596 g/mol. The standard InChI is InChI=1S/C47H32/c1-3-15-32(16-4-1)38-21-9-8-20-35(38)30-45-40-23-11-13-25-42(40)47(43-26-14-12-24-41(43)45)37-29-36-28-27-34-19-7-10-22-39(34)46(36)44(31-37)33-17-5-2-6-18-33/h1-29,31H,30H2. The van der Waals surface area contributed by atoms with Gasteiger partial charge in [-0.2, -0.15) is 0 Å². The number of rotatable bonds is 5. The summed E-state index contributed by atoms with van der Waals surface area (Å²) in [6.45, 7) is 0. The highest BCUT2D eigenvalue weighted by Crippen LogP contribution is 2.44. The van der Waals surface area contributed by atoms with Crippen LogP contribution in [0, 0.1) is 0 Å². The molecule has 9 rings (SSSR count). The first-order chi connectivity index (χ1) is 23.3. The SMILES string of the molecule is c1ccc(-c2ccccc2Cc2c3ccccc3c(-c3cc(-c4ccccc4)c4c(ccc5ccccc54)c3)c3ccccc23)cc1. The summed E-state index contributed by atoms with van der Waals surface area (Å²) < 4.78 is 0. The van der Waals surface area contributed by atoms with Gasteiger partial charge in [-0.05, 0) is 106 Å². The molecule has 0 radical (unpaired) electrons. The van der Waals surface area contributed by atoms with Crippen LogP contribution in [0.15, 0.2) is 182 Å². The number of fused-ring (bicyclic) bond motifs is 5. The van der Waals surface area contributed by atoms with Crippen LogP contribution in [0.5, 0.6) is 0 Å². The fourth-order valence-electron chi connectivity index (χ4n) is 7.62. The Morgan fingerprint density at radius 2 is 0.830 bits per heavy atom. The molecule has 0 amide bonds. The molecule has 0 heteroatoms. The third-order valence-electron chi connectivity index (χ3n) is 9.73. The molecule has 0 saturated carbocycles.